The zero-order chi connectivity index (χ0) is 38.3. The number of aliphatic hydroxyl groups excluding tert-OH is 6. The van der Waals surface area contributed by atoms with Crippen LogP contribution in [-0.2, 0) is 38.1 Å². The maximum absolute atomic E-state index is 13.7. The molecule has 2 aliphatic rings. The van der Waals surface area contributed by atoms with Crippen LogP contribution in [-0.4, -0.2) is 153 Å². The number of alkyl halides is 2. The maximum Gasteiger partial charge on any atom is 0.339 e. The second kappa shape index (κ2) is 17.5. The fourth-order valence-electron chi connectivity index (χ4n) is 5.50. The molecule has 1 aromatic carbocycles. The highest BCUT2D eigenvalue weighted by Crippen LogP contribution is 2.44. The molecule has 3 amide bonds. The Morgan fingerprint density at radius 3 is 2.27 bits per heavy atom. The maximum atomic E-state index is 13.7. The van der Waals surface area contributed by atoms with Crippen LogP contribution in [0.5, 0.6) is 0 Å². The molecule has 19 nitrogen and oxygen atoms in total. The molecule has 1 heterocycles. The van der Waals surface area contributed by atoms with E-state index in [-0.39, 0.29) is 50.6 Å². The third kappa shape index (κ3) is 9.50. The minimum absolute atomic E-state index is 0.0118. The van der Waals surface area contributed by atoms with E-state index in [1.807, 2.05) is 0 Å². The van der Waals surface area contributed by atoms with E-state index in [2.05, 4.69) is 15.4 Å². The van der Waals surface area contributed by atoms with Crippen LogP contribution < -0.4 is 16.0 Å². The number of halogens is 2. The first-order valence-corrected chi connectivity index (χ1v) is 15.5. The number of para-hydroxylation sites is 1. The highest BCUT2D eigenvalue weighted by atomic mass is 19.3. The van der Waals surface area contributed by atoms with Crippen LogP contribution >= 0.6 is 0 Å². The molecule has 0 bridgehead atoms. The number of methoxy groups -OCH3 is 1. The molecule has 1 aliphatic carbocycles. The van der Waals surface area contributed by atoms with Crippen LogP contribution in [0, 0.1) is 5.92 Å². The van der Waals surface area contributed by atoms with Gasteiger partial charge < -0.3 is 70.6 Å². The molecule has 51 heavy (non-hydrogen) atoms. The number of carboxylic acid groups (broad SMARTS) is 1. The number of amides is 3. The normalized spacial score (nSPS) is 29.6. The zero-order valence-electron chi connectivity index (χ0n) is 27.3. The summed E-state index contributed by atoms with van der Waals surface area (Å²) >= 11 is 0. The number of rotatable bonds is 17. The minimum atomic E-state index is -4.08. The average Bonchev–Trinajstić information content (AvgIpc) is 3.08. The van der Waals surface area contributed by atoms with Crippen LogP contribution in [0.4, 0.5) is 14.5 Å². The van der Waals surface area contributed by atoms with Crippen molar-refractivity contribution in [3.05, 3.63) is 29.8 Å². The number of aliphatic hydroxyl groups is 6. The quantitative estimate of drug-likeness (QED) is 0.0428. The predicted octanol–water partition coefficient (Wildman–Crippen LogP) is -3.20. The predicted molar refractivity (Wildman–Crippen MR) is 162 cm³/mol. The summed E-state index contributed by atoms with van der Waals surface area (Å²) < 4.78 is 47.8. The van der Waals surface area contributed by atoms with Crippen molar-refractivity contribution < 1.29 is 87.4 Å². The first-order chi connectivity index (χ1) is 23.9. The van der Waals surface area contributed by atoms with Crippen molar-refractivity contribution in [3.63, 3.8) is 0 Å². The molecule has 3 rings (SSSR count). The lowest BCUT2D eigenvalue weighted by Crippen LogP contribution is -2.83. The summed E-state index contributed by atoms with van der Waals surface area (Å²) in [5.74, 6) is -11.4. The summed E-state index contributed by atoms with van der Waals surface area (Å²) in [6.45, 7) is -1.19. The van der Waals surface area contributed by atoms with Crippen LogP contribution in [0.2, 0.25) is 0 Å². The van der Waals surface area contributed by atoms with Gasteiger partial charge in [-0.3, -0.25) is 14.4 Å². The number of hydrogen-bond acceptors (Lipinski definition) is 15. The number of ether oxygens (including phenoxy) is 4. The molecule has 1 aromatic rings. The van der Waals surface area contributed by atoms with Crippen molar-refractivity contribution in [2.75, 3.05) is 32.2 Å². The summed E-state index contributed by atoms with van der Waals surface area (Å²) in [4.78, 5) is 60.4. The number of esters is 1. The van der Waals surface area contributed by atoms with Crippen LogP contribution in [0.25, 0.3) is 0 Å². The lowest BCUT2D eigenvalue weighted by Gasteiger charge is -2.58. The first-order valence-electron chi connectivity index (χ1n) is 15.5. The monoisotopic (exact) mass is 737 g/mol. The van der Waals surface area contributed by atoms with Crippen molar-refractivity contribution in [2.45, 2.75) is 86.9 Å². The Hall–Kier alpha value is -3.93. The van der Waals surface area contributed by atoms with Gasteiger partial charge in [-0.1, -0.05) is 12.1 Å². The van der Waals surface area contributed by atoms with Gasteiger partial charge in [0.05, 0.1) is 37.7 Å². The number of aliphatic carboxylic acids is 1. The van der Waals surface area contributed by atoms with Crippen LogP contribution in [0.1, 0.15) is 36.5 Å². The van der Waals surface area contributed by atoms with Crippen LogP contribution in [0.3, 0.4) is 0 Å². The van der Waals surface area contributed by atoms with E-state index in [1.54, 1.807) is 17.4 Å². The van der Waals surface area contributed by atoms with E-state index in [9.17, 15) is 68.5 Å². The van der Waals surface area contributed by atoms with Gasteiger partial charge in [-0.15, -0.1) is 0 Å². The van der Waals surface area contributed by atoms with Gasteiger partial charge in [0.15, 0.2) is 18.7 Å². The molecule has 1 aliphatic heterocycles. The summed E-state index contributed by atoms with van der Waals surface area (Å²) in [6, 6.07) is 6.11. The molecule has 286 valence electrons. The number of nitrogens with one attached hydrogen (secondary N) is 3. The minimum Gasteiger partial charge on any atom is -0.479 e. The van der Waals surface area contributed by atoms with Gasteiger partial charge in [0.25, 0.3) is 5.91 Å². The third-order valence-electron chi connectivity index (χ3n) is 8.36. The van der Waals surface area contributed by atoms with E-state index < -0.39 is 103 Å². The molecular formula is C30H41F2N3O16. The molecule has 0 spiro atoms. The molecule has 1 saturated carbocycles. The van der Waals surface area contributed by atoms with Crippen molar-refractivity contribution >= 4 is 35.3 Å². The van der Waals surface area contributed by atoms with Gasteiger partial charge in [0.2, 0.25) is 11.8 Å². The molecule has 10 N–H and O–H groups in total. The molecule has 4 unspecified atom stereocenters. The highest BCUT2D eigenvalue weighted by molar-refractivity contribution is 6.01. The third-order valence-corrected chi connectivity index (χ3v) is 8.36. The van der Waals surface area contributed by atoms with E-state index in [0.717, 1.165) is 0 Å². The molecule has 1 saturated heterocycles. The summed E-state index contributed by atoms with van der Waals surface area (Å²) in [5.41, 5.74) is -2.39. The van der Waals surface area contributed by atoms with E-state index >= 15 is 0 Å². The topological polar surface area (TPSA) is 300 Å². The second-order valence-corrected chi connectivity index (χ2v) is 11.9. The van der Waals surface area contributed by atoms with Crippen LogP contribution in [0.15, 0.2) is 24.3 Å². The number of carboxylic acids is 1. The molecular weight excluding hydrogens is 696 g/mol. The lowest BCUT2D eigenvalue weighted by atomic mass is 9.61. The molecule has 2 fully saturated rings. The van der Waals surface area contributed by atoms with Gasteiger partial charge in [-0.05, 0) is 18.6 Å². The Kier molecular flexibility index (Phi) is 14.3. The Morgan fingerprint density at radius 2 is 1.67 bits per heavy atom. The summed E-state index contributed by atoms with van der Waals surface area (Å²) in [7, 11) is 1.18. The number of carbonyl (C=O) groups is 5. The highest BCUT2D eigenvalue weighted by Gasteiger charge is 2.68. The van der Waals surface area contributed by atoms with E-state index in [0.29, 0.717) is 0 Å². The second-order valence-electron chi connectivity index (χ2n) is 11.9. The fraction of sp³-hybridized carbons (Fsp3) is 0.633. The zero-order valence-corrected chi connectivity index (χ0v) is 27.3. The largest absolute Gasteiger partial charge is 0.479 e. The van der Waals surface area contributed by atoms with Crippen molar-refractivity contribution in [1.29, 1.82) is 0 Å². The van der Waals surface area contributed by atoms with E-state index in [4.69, 9.17) is 14.2 Å². The van der Waals surface area contributed by atoms with Crippen molar-refractivity contribution in [1.82, 2.24) is 10.6 Å². The van der Waals surface area contributed by atoms with Gasteiger partial charge in [-0.25, -0.2) is 9.59 Å². The molecule has 10 atom stereocenters. The number of hydrogen-bond donors (Lipinski definition) is 10. The number of carbonyl (C=O) groups excluding carboxylic acids is 4. The van der Waals surface area contributed by atoms with Gasteiger partial charge in [-0.2, -0.15) is 8.78 Å². The number of benzene rings is 1. The van der Waals surface area contributed by atoms with E-state index in [1.165, 1.54) is 19.2 Å². The van der Waals surface area contributed by atoms with Gasteiger partial charge in [0, 0.05) is 32.2 Å². The Morgan fingerprint density at radius 1 is 1.02 bits per heavy atom. The lowest BCUT2D eigenvalue weighted by molar-refractivity contribution is -0.342. The smallest absolute Gasteiger partial charge is 0.339 e. The van der Waals surface area contributed by atoms with Gasteiger partial charge in [0.1, 0.15) is 30.0 Å². The number of anilines is 1. The Labute approximate surface area is 288 Å². The van der Waals surface area contributed by atoms with Crippen molar-refractivity contribution in [2.24, 2.45) is 5.92 Å². The standard InChI is InChI=1S/C30H41F2N3O16/c1-29(31,32)27(46)35-30(14(12-36)18(39)23(30)42)28(47)51-21-19(40)20(41)26(50-22(21)24(43)44)49-11-5-10-33-16(37)8-9-17(38)34-15-7-4-3-6-13(15)25(45)48-2/h3-4,6-7,14,18-23,26,28,36,39-42,47H,5,8-12H2,1-2H3,(H,33,37)(H,34,38)(H,35,46)(H,43,44)/t14?,18-,19?,20+,21+,22?,23?,26-,28-,30+/m1/s1. The first kappa shape index (κ1) is 41.5. The molecule has 0 radical (unpaired) electrons. The summed E-state index contributed by atoms with van der Waals surface area (Å²) in [6.07, 6.45) is -17.6. The Bertz CT molecular complexity index is 1420. The van der Waals surface area contributed by atoms with Crippen molar-refractivity contribution in [3.8, 4) is 0 Å². The average molecular weight is 738 g/mol. The SMILES string of the molecule is COC(=O)c1ccccc1NC(=O)CCC(=O)NCCCO[C@@H]1OC(C(=O)O)[C@@H](O[C@@H](O)[C@@]2(NC(=O)C(C)(F)F)C(O)[C@H](O)C2CO)C(O)[C@@H]1O. The fourth-order valence-corrected chi connectivity index (χ4v) is 5.50. The Balaban J connectivity index is 1.52. The molecule has 21 heteroatoms. The molecule has 0 aromatic heterocycles. The summed E-state index contributed by atoms with van der Waals surface area (Å²) in [5, 5.41) is 78.7. The van der Waals surface area contributed by atoms with Gasteiger partial charge >= 0.3 is 17.9 Å².